The van der Waals surface area contributed by atoms with Gasteiger partial charge in [-0.15, -0.1) is 0 Å². The molecule has 0 saturated heterocycles. The van der Waals surface area contributed by atoms with Crippen molar-refractivity contribution in [1.82, 2.24) is 4.90 Å². The van der Waals surface area contributed by atoms with Crippen LogP contribution in [0.1, 0.15) is 19.4 Å². The minimum absolute atomic E-state index is 0.0681. The van der Waals surface area contributed by atoms with Crippen molar-refractivity contribution in [2.75, 3.05) is 25.5 Å². The van der Waals surface area contributed by atoms with Gasteiger partial charge in [0.2, 0.25) is 0 Å². The third kappa shape index (κ3) is 4.23. The van der Waals surface area contributed by atoms with E-state index in [1.807, 2.05) is 13.1 Å². The van der Waals surface area contributed by atoms with Crippen molar-refractivity contribution >= 4 is 11.4 Å². The van der Waals surface area contributed by atoms with Crippen LogP contribution in [0.4, 0.5) is 11.4 Å². The van der Waals surface area contributed by atoms with E-state index >= 15 is 0 Å². The Labute approximate surface area is 112 Å². The third-order valence-corrected chi connectivity index (χ3v) is 3.00. The van der Waals surface area contributed by atoms with Crippen LogP contribution in [0.15, 0.2) is 18.2 Å². The van der Waals surface area contributed by atoms with Crippen molar-refractivity contribution in [1.29, 1.82) is 5.26 Å². The van der Waals surface area contributed by atoms with E-state index in [-0.39, 0.29) is 5.69 Å². The monoisotopic (exact) mass is 262 g/mol. The summed E-state index contributed by atoms with van der Waals surface area (Å²) in [5, 5.41) is 22.8. The van der Waals surface area contributed by atoms with Gasteiger partial charge in [-0.1, -0.05) is 0 Å². The van der Waals surface area contributed by atoms with E-state index in [1.54, 1.807) is 6.07 Å². The summed E-state index contributed by atoms with van der Waals surface area (Å²) in [7, 11) is 2.02. The van der Waals surface area contributed by atoms with E-state index in [0.717, 1.165) is 6.54 Å². The van der Waals surface area contributed by atoms with E-state index in [0.29, 0.717) is 23.8 Å². The second kappa shape index (κ2) is 6.71. The second-order valence-corrected chi connectivity index (χ2v) is 4.60. The Morgan fingerprint density at radius 1 is 1.53 bits per heavy atom. The molecule has 102 valence electrons. The quantitative estimate of drug-likeness (QED) is 0.628. The third-order valence-electron chi connectivity index (χ3n) is 3.00. The first-order valence-electron chi connectivity index (χ1n) is 6.08. The smallest absolute Gasteiger partial charge is 0.270 e. The molecule has 0 amide bonds. The molecule has 0 bridgehead atoms. The van der Waals surface area contributed by atoms with Crippen LogP contribution in [0.25, 0.3) is 0 Å². The molecule has 0 aromatic heterocycles. The number of nitrogens with one attached hydrogen (secondary N) is 1. The first-order chi connectivity index (χ1) is 8.95. The Morgan fingerprint density at radius 3 is 2.74 bits per heavy atom. The van der Waals surface area contributed by atoms with Crippen LogP contribution in [0.2, 0.25) is 0 Å². The molecule has 0 radical (unpaired) electrons. The lowest BCUT2D eigenvalue weighted by atomic mass is 10.1. The maximum atomic E-state index is 10.6. The Balaban J connectivity index is 2.69. The van der Waals surface area contributed by atoms with E-state index in [2.05, 4.69) is 24.1 Å². The van der Waals surface area contributed by atoms with Crippen LogP contribution in [0.3, 0.4) is 0 Å². The van der Waals surface area contributed by atoms with E-state index in [9.17, 15) is 10.1 Å². The molecule has 1 N–H and O–H groups in total. The predicted molar refractivity (Wildman–Crippen MR) is 74.1 cm³/mol. The molecule has 6 heteroatoms. The van der Waals surface area contributed by atoms with Crippen molar-refractivity contribution in [2.24, 2.45) is 0 Å². The number of anilines is 1. The summed E-state index contributed by atoms with van der Waals surface area (Å²) in [5.74, 6) is 0. The maximum absolute atomic E-state index is 10.6. The van der Waals surface area contributed by atoms with Gasteiger partial charge < -0.3 is 10.2 Å². The number of nitrogens with zero attached hydrogens (tertiary/aromatic N) is 3. The fourth-order valence-electron chi connectivity index (χ4n) is 1.52. The van der Waals surface area contributed by atoms with Crippen LogP contribution in [-0.4, -0.2) is 36.0 Å². The summed E-state index contributed by atoms with van der Waals surface area (Å²) in [6, 6.07) is 6.68. The van der Waals surface area contributed by atoms with Gasteiger partial charge in [0.15, 0.2) is 0 Å². The molecule has 0 saturated carbocycles. The van der Waals surface area contributed by atoms with Gasteiger partial charge in [0.25, 0.3) is 5.69 Å². The number of hydrogen-bond donors (Lipinski definition) is 1. The van der Waals surface area contributed by atoms with Gasteiger partial charge in [-0.2, -0.15) is 5.26 Å². The van der Waals surface area contributed by atoms with Gasteiger partial charge >= 0.3 is 0 Å². The zero-order chi connectivity index (χ0) is 14.4. The molecule has 6 nitrogen and oxygen atoms in total. The molecular formula is C13H18N4O2. The standard InChI is InChI=1S/C13H18N4O2/c1-10(2)16(3)7-6-15-13-5-4-12(17(18)19)8-11(13)9-14/h4-5,8,10,15H,6-7H2,1-3H3. The maximum Gasteiger partial charge on any atom is 0.270 e. The van der Waals surface area contributed by atoms with Gasteiger partial charge in [0.1, 0.15) is 6.07 Å². The summed E-state index contributed by atoms with van der Waals surface area (Å²) in [4.78, 5) is 12.3. The minimum Gasteiger partial charge on any atom is -0.383 e. The number of rotatable bonds is 6. The zero-order valence-corrected chi connectivity index (χ0v) is 11.4. The summed E-state index contributed by atoms with van der Waals surface area (Å²) in [6.45, 7) is 5.72. The Bertz CT molecular complexity index is 494. The van der Waals surface area contributed by atoms with E-state index in [4.69, 9.17) is 5.26 Å². The van der Waals surface area contributed by atoms with Gasteiger partial charge in [0.05, 0.1) is 16.2 Å². The van der Waals surface area contributed by atoms with Crippen LogP contribution < -0.4 is 5.32 Å². The number of hydrogen-bond acceptors (Lipinski definition) is 5. The lowest BCUT2D eigenvalue weighted by molar-refractivity contribution is -0.384. The molecule has 1 aromatic rings. The normalized spacial score (nSPS) is 10.5. The Hall–Kier alpha value is -2.13. The lowest BCUT2D eigenvalue weighted by Gasteiger charge is -2.21. The number of nitriles is 1. The summed E-state index contributed by atoms with van der Waals surface area (Å²) < 4.78 is 0. The van der Waals surface area contributed by atoms with Crippen molar-refractivity contribution < 1.29 is 4.92 Å². The predicted octanol–water partition coefficient (Wildman–Crippen LogP) is 2.22. The molecule has 0 unspecified atom stereocenters. The Kier molecular flexibility index (Phi) is 5.27. The van der Waals surface area contributed by atoms with Crippen LogP contribution in [0.5, 0.6) is 0 Å². The molecule has 1 aromatic carbocycles. The number of nitro groups is 1. The molecular weight excluding hydrogens is 244 g/mol. The first kappa shape index (κ1) is 14.9. The fourth-order valence-corrected chi connectivity index (χ4v) is 1.52. The highest BCUT2D eigenvalue weighted by Gasteiger charge is 2.10. The van der Waals surface area contributed by atoms with Crippen molar-refractivity contribution in [3.63, 3.8) is 0 Å². The average Bonchev–Trinajstić information content (AvgIpc) is 2.38. The van der Waals surface area contributed by atoms with Crippen molar-refractivity contribution in [3.8, 4) is 6.07 Å². The number of likely N-dealkylation sites (N-methyl/N-ethyl adjacent to an activating group) is 1. The van der Waals surface area contributed by atoms with Gasteiger partial charge in [-0.25, -0.2) is 0 Å². The van der Waals surface area contributed by atoms with Gasteiger partial charge in [0, 0.05) is 31.3 Å². The second-order valence-electron chi connectivity index (χ2n) is 4.60. The fraction of sp³-hybridized carbons (Fsp3) is 0.462. The average molecular weight is 262 g/mol. The number of nitro benzene ring substituents is 1. The highest BCUT2D eigenvalue weighted by atomic mass is 16.6. The number of non-ortho nitro benzene ring substituents is 1. The van der Waals surface area contributed by atoms with E-state index < -0.39 is 4.92 Å². The molecule has 1 rings (SSSR count). The van der Waals surface area contributed by atoms with Gasteiger partial charge in [-0.05, 0) is 27.0 Å². The molecule has 0 heterocycles. The summed E-state index contributed by atoms with van der Waals surface area (Å²) >= 11 is 0. The van der Waals surface area contributed by atoms with Gasteiger partial charge in [-0.3, -0.25) is 10.1 Å². The lowest BCUT2D eigenvalue weighted by Crippen LogP contribution is -2.31. The van der Waals surface area contributed by atoms with Crippen LogP contribution >= 0.6 is 0 Å². The highest BCUT2D eigenvalue weighted by Crippen LogP contribution is 2.21. The minimum atomic E-state index is -0.503. The SMILES string of the molecule is CC(C)N(C)CCNc1ccc([N+](=O)[O-])cc1C#N. The molecule has 0 spiro atoms. The molecule has 0 fully saturated rings. The molecule has 0 atom stereocenters. The molecule has 19 heavy (non-hydrogen) atoms. The first-order valence-corrected chi connectivity index (χ1v) is 6.08. The molecule has 0 aliphatic rings. The van der Waals surface area contributed by atoms with Crippen molar-refractivity contribution in [2.45, 2.75) is 19.9 Å². The topological polar surface area (TPSA) is 82.2 Å². The summed E-state index contributed by atoms with van der Waals surface area (Å²) in [5.41, 5.74) is 0.855. The highest BCUT2D eigenvalue weighted by molar-refractivity contribution is 5.61. The largest absolute Gasteiger partial charge is 0.383 e. The number of benzene rings is 1. The van der Waals surface area contributed by atoms with Crippen LogP contribution in [-0.2, 0) is 0 Å². The summed E-state index contributed by atoms with van der Waals surface area (Å²) in [6.07, 6.45) is 0. The van der Waals surface area contributed by atoms with Crippen LogP contribution in [0, 0.1) is 21.4 Å². The zero-order valence-electron chi connectivity index (χ0n) is 11.4. The molecule has 0 aliphatic carbocycles. The Morgan fingerprint density at radius 2 is 2.21 bits per heavy atom. The van der Waals surface area contributed by atoms with Crippen molar-refractivity contribution in [3.05, 3.63) is 33.9 Å². The van der Waals surface area contributed by atoms with E-state index in [1.165, 1.54) is 12.1 Å². The molecule has 0 aliphatic heterocycles.